The van der Waals surface area contributed by atoms with Crippen LogP contribution in [0.4, 0.5) is 0 Å². The maximum absolute atomic E-state index is 13.4. The average Bonchev–Trinajstić information content (AvgIpc) is 3.14. The summed E-state index contributed by atoms with van der Waals surface area (Å²) in [6, 6.07) is 20.7. The molecule has 1 aliphatic heterocycles. The molecule has 0 saturated heterocycles. The molecular weight excluding hydrogens is 446 g/mol. The van der Waals surface area contributed by atoms with Gasteiger partial charge >= 0.3 is 5.97 Å². The number of carbonyl (C=O) groups is 3. The maximum Gasteiger partial charge on any atom is 0.313 e. The summed E-state index contributed by atoms with van der Waals surface area (Å²) in [7, 11) is 0. The first-order chi connectivity index (χ1) is 17.0. The second kappa shape index (κ2) is 9.02. The summed E-state index contributed by atoms with van der Waals surface area (Å²) in [4.78, 5) is 52.3. The Balaban J connectivity index is 1.44. The molecule has 7 nitrogen and oxygen atoms in total. The number of ether oxygens (including phenoxy) is 1. The van der Waals surface area contributed by atoms with Gasteiger partial charge in [-0.15, -0.1) is 0 Å². The van der Waals surface area contributed by atoms with Gasteiger partial charge in [0.15, 0.2) is 5.76 Å². The van der Waals surface area contributed by atoms with Gasteiger partial charge in [-0.1, -0.05) is 55.5 Å². The number of esters is 1. The van der Waals surface area contributed by atoms with Crippen LogP contribution in [0.5, 0.6) is 5.75 Å². The third-order valence-electron chi connectivity index (χ3n) is 5.99. The quantitative estimate of drug-likeness (QED) is 0.304. The number of imide groups is 1. The van der Waals surface area contributed by atoms with Crippen molar-refractivity contribution in [3.8, 4) is 17.1 Å². The molecular formula is C28H21NO6. The van der Waals surface area contributed by atoms with Gasteiger partial charge < -0.3 is 9.15 Å². The Kier molecular flexibility index (Phi) is 5.74. The minimum atomic E-state index is -0.753. The third kappa shape index (κ3) is 4.01. The van der Waals surface area contributed by atoms with Gasteiger partial charge in [-0.25, -0.2) is 0 Å². The van der Waals surface area contributed by atoms with Gasteiger partial charge in [0.1, 0.15) is 5.58 Å². The summed E-state index contributed by atoms with van der Waals surface area (Å²) in [5.74, 6) is -1.75. The van der Waals surface area contributed by atoms with E-state index in [9.17, 15) is 19.2 Å². The second-order valence-electron chi connectivity index (χ2n) is 8.17. The van der Waals surface area contributed by atoms with E-state index in [1.165, 1.54) is 0 Å². The Labute approximate surface area is 200 Å². The molecule has 0 aliphatic carbocycles. The van der Waals surface area contributed by atoms with Crippen LogP contribution in [0.1, 0.15) is 39.6 Å². The van der Waals surface area contributed by atoms with E-state index in [0.29, 0.717) is 27.7 Å². The number of nitrogens with zero attached hydrogens (tertiary/aromatic N) is 1. The van der Waals surface area contributed by atoms with E-state index in [-0.39, 0.29) is 24.5 Å². The van der Waals surface area contributed by atoms with E-state index < -0.39 is 23.2 Å². The van der Waals surface area contributed by atoms with Crippen LogP contribution in [0.3, 0.4) is 0 Å². The molecule has 1 aliphatic rings. The fourth-order valence-corrected chi connectivity index (χ4v) is 4.13. The standard InChI is InChI=1S/C28H21NO6/c1-2-17-12-13-22-21(16-17)24(31)26(25(34-22)18-8-4-3-5-9-18)35-23(30)14-15-29-27(32)19-10-6-7-11-20(19)28(29)33/h3-13,16H,2,14-15H2,1H3. The Bertz CT molecular complexity index is 1500. The van der Waals surface area contributed by atoms with E-state index in [4.69, 9.17) is 9.15 Å². The van der Waals surface area contributed by atoms with Crippen LogP contribution in [0.15, 0.2) is 82.0 Å². The number of carbonyl (C=O) groups excluding carboxylic acids is 3. The van der Waals surface area contributed by atoms with Crippen molar-refractivity contribution in [2.45, 2.75) is 19.8 Å². The fourth-order valence-electron chi connectivity index (χ4n) is 4.13. The first kappa shape index (κ1) is 22.3. The molecule has 2 heterocycles. The van der Waals surface area contributed by atoms with Crippen LogP contribution < -0.4 is 10.2 Å². The van der Waals surface area contributed by atoms with Gasteiger partial charge in [0.25, 0.3) is 11.8 Å². The predicted molar refractivity (Wildman–Crippen MR) is 129 cm³/mol. The Morgan fingerprint density at radius 3 is 2.20 bits per heavy atom. The number of aryl methyl sites for hydroxylation is 1. The topological polar surface area (TPSA) is 93.9 Å². The van der Waals surface area contributed by atoms with Crippen molar-refractivity contribution >= 4 is 28.8 Å². The first-order valence-corrected chi connectivity index (χ1v) is 11.3. The zero-order valence-electron chi connectivity index (χ0n) is 18.9. The second-order valence-corrected chi connectivity index (χ2v) is 8.17. The summed E-state index contributed by atoms with van der Waals surface area (Å²) in [5, 5.41) is 0.312. The molecule has 0 N–H and O–H groups in total. The molecule has 3 aromatic carbocycles. The van der Waals surface area contributed by atoms with Crippen LogP contribution in [0, 0.1) is 0 Å². The van der Waals surface area contributed by atoms with Crippen LogP contribution in [-0.2, 0) is 11.2 Å². The monoisotopic (exact) mass is 467 g/mol. The molecule has 0 saturated carbocycles. The SMILES string of the molecule is CCc1ccc2oc(-c3ccccc3)c(OC(=O)CCN3C(=O)c4ccccc4C3=O)c(=O)c2c1. The Morgan fingerprint density at radius 2 is 1.54 bits per heavy atom. The van der Waals surface area contributed by atoms with Gasteiger partial charge in [0, 0.05) is 12.1 Å². The van der Waals surface area contributed by atoms with Gasteiger partial charge in [-0.05, 0) is 36.2 Å². The van der Waals surface area contributed by atoms with E-state index in [0.717, 1.165) is 16.9 Å². The van der Waals surface area contributed by atoms with Crippen LogP contribution in [0.25, 0.3) is 22.3 Å². The number of rotatable bonds is 6. The zero-order chi connectivity index (χ0) is 24.5. The number of fused-ring (bicyclic) bond motifs is 2. The average molecular weight is 467 g/mol. The molecule has 35 heavy (non-hydrogen) atoms. The largest absolute Gasteiger partial charge is 0.452 e. The molecule has 174 valence electrons. The minimum absolute atomic E-state index is 0.140. The van der Waals surface area contributed by atoms with Crippen LogP contribution in [-0.4, -0.2) is 29.2 Å². The number of hydrogen-bond acceptors (Lipinski definition) is 6. The highest BCUT2D eigenvalue weighted by molar-refractivity contribution is 6.21. The molecule has 2 amide bonds. The smallest absolute Gasteiger partial charge is 0.313 e. The van der Waals surface area contributed by atoms with Crippen LogP contribution in [0.2, 0.25) is 0 Å². The lowest BCUT2D eigenvalue weighted by Gasteiger charge is -2.14. The van der Waals surface area contributed by atoms with Crippen molar-refractivity contribution < 1.29 is 23.5 Å². The van der Waals surface area contributed by atoms with Crippen molar-refractivity contribution in [1.29, 1.82) is 0 Å². The highest BCUT2D eigenvalue weighted by atomic mass is 16.5. The highest BCUT2D eigenvalue weighted by Gasteiger charge is 2.35. The molecule has 4 aromatic rings. The van der Waals surface area contributed by atoms with E-state index in [2.05, 4.69) is 0 Å². The lowest BCUT2D eigenvalue weighted by atomic mass is 10.1. The molecule has 5 rings (SSSR count). The summed E-state index contributed by atoms with van der Waals surface area (Å²) < 4.78 is 11.5. The van der Waals surface area contributed by atoms with E-state index in [1.807, 2.05) is 19.1 Å². The minimum Gasteiger partial charge on any atom is -0.452 e. The normalized spacial score (nSPS) is 12.8. The van der Waals surface area contributed by atoms with Gasteiger partial charge in [-0.3, -0.25) is 24.1 Å². The third-order valence-corrected chi connectivity index (χ3v) is 5.99. The lowest BCUT2D eigenvalue weighted by Crippen LogP contribution is -2.32. The van der Waals surface area contributed by atoms with Gasteiger partial charge in [0.05, 0.1) is 22.9 Å². The summed E-state index contributed by atoms with van der Waals surface area (Å²) in [5.41, 5.74) is 2.05. The Hall–Kier alpha value is -4.52. The number of hydrogen-bond donors (Lipinski definition) is 0. The first-order valence-electron chi connectivity index (χ1n) is 11.3. The van der Waals surface area contributed by atoms with Gasteiger partial charge in [-0.2, -0.15) is 0 Å². The molecule has 7 heteroatoms. The van der Waals surface area contributed by atoms with Gasteiger partial charge in [0.2, 0.25) is 11.2 Å². The molecule has 1 aromatic heterocycles. The van der Waals surface area contributed by atoms with Crippen LogP contribution >= 0.6 is 0 Å². The van der Waals surface area contributed by atoms with Crippen molar-refractivity contribution in [3.05, 3.63) is 99.7 Å². The summed E-state index contributed by atoms with van der Waals surface area (Å²) in [6.45, 7) is 1.81. The number of benzene rings is 3. The highest BCUT2D eigenvalue weighted by Crippen LogP contribution is 2.31. The number of amides is 2. The summed E-state index contributed by atoms with van der Waals surface area (Å²) in [6.07, 6.45) is 0.456. The van der Waals surface area contributed by atoms with Crippen molar-refractivity contribution in [1.82, 2.24) is 4.90 Å². The molecule has 0 unspecified atom stereocenters. The maximum atomic E-state index is 13.4. The molecule has 0 atom stereocenters. The molecule has 0 fully saturated rings. The van der Waals surface area contributed by atoms with E-state index in [1.54, 1.807) is 60.7 Å². The van der Waals surface area contributed by atoms with Crippen molar-refractivity contribution in [2.24, 2.45) is 0 Å². The zero-order valence-corrected chi connectivity index (χ0v) is 18.9. The van der Waals surface area contributed by atoms with Crippen molar-refractivity contribution in [2.75, 3.05) is 6.54 Å². The molecule has 0 bridgehead atoms. The predicted octanol–water partition coefficient (Wildman–Crippen LogP) is 4.61. The van der Waals surface area contributed by atoms with Crippen molar-refractivity contribution in [3.63, 3.8) is 0 Å². The molecule has 0 spiro atoms. The lowest BCUT2D eigenvalue weighted by molar-refractivity contribution is -0.134. The summed E-state index contributed by atoms with van der Waals surface area (Å²) >= 11 is 0. The van der Waals surface area contributed by atoms with E-state index >= 15 is 0 Å². The fraction of sp³-hybridized carbons (Fsp3) is 0.143. The molecule has 0 radical (unpaired) electrons. The Morgan fingerprint density at radius 1 is 0.886 bits per heavy atom.